The number of methoxy groups -OCH3 is 1. The van der Waals surface area contributed by atoms with Gasteiger partial charge in [0.1, 0.15) is 11.3 Å². The summed E-state index contributed by atoms with van der Waals surface area (Å²) in [6.07, 6.45) is 1.34. The van der Waals surface area contributed by atoms with E-state index in [-0.39, 0.29) is 5.56 Å². The molecule has 0 radical (unpaired) electrons. The standard InChI is InChI=1S/C17H13ClN2O3/c1-23-12-5-6-15-13(8-12)16(14(9-19-15)17(21)22)20-11-4-2-3-10(18)7-11/h2-9H,1H3,(H,19,20)(H,21,22). The van der Waals surface area contributed by atoms with E-state index in [1.54, 1.807) is 43.5 Å². The monoisotopic (exact) mass is 328 g/mol. The Morgan fingerprint density at radius 1 is 1.26 bits per heavy atom. The van der Waals surface area contributed by atoms with Crippen LogP contribution in [0.4, 0.5) is 11.4 Å². The number of aromatic carboxylic acids is 1. The van der Waals surface area contributed by atoms with E-state index in [9.17, 15) is 9.90 Å². The predicted octanol–water partition coefficient (Wildman–Crippen LogP) is 4.34. The van der Waals surface area contributed by atoms with Gasteiger partial charge in [-0.2, -0.15) is 0 Å². The van der Waals surface area contributed by atoms with Gasteiger partial charge in [0, 0.05) is 22.3 Å². The molecule has 0 aliphatic carbocycles. The third-order valence-electron chi connectivity index (χ3n) is 3.40. The van der Waals surface area contributed by atoms with E-state index in [2.05, 4.69) is 10.3 Å². The van der Waals surface area contributed by atoms with Crippen LogP contribution in [0.3, 0.4) is 0 Å². The highest BCUT2D eigenvalue weighted by molar-refractivity contribution is 6.30. The molecule has 2 aromatic carbocycles. The maximum Gasteiger partial charge on any atom is 0.339 e. The van der Waals surface area contributed by atoms with Crippen LogP contribution >= 0.6 is 11.6 Å². The number of ether oxygens (including phenoxy) is 1. The lowest BCUT2D eigenvalue weighted by Crippen LogP contribution is -2.05. The number of aromatic nitrogens is 1. The second-order valence-electron chi connectivity index (χ2n) is 4.87. The summed E-state index contributed by atoms with van der Waals surface area (Å²) in [4.78, 5) is 15.7. The van der Waals surface area contributed by atoms with Gasteiger partial charge in [-0.05, 0) is 36.4 Å². The Kier molecular flexibility index (Phi) is 4.04. The first-order chi connectivity index (χ1) is 11.1. The maximum atomic E-state index is 11.5. The number of pyridine rings is 1. The van der Waals surface area contributed by atoms with Gasteiger partial charge in [0.05, 0.1) is 18.3 Å². The maximum absolute atomic E-state index is 11.5. The largest absolute Gasteiger partial charge is 0.497 e. The minimum absolute atomic E-state index is 0.0747. The van der Waals surface area contributed by atoms with Gasteiger partial charge < -0.3 is 15.2 Å². The number of nitrogens with one attached hydrogen (secondary N) is 1. The van der Waals surface area contributed by atoms with Gasteiger partial charge in [-0.25, -0.2) is 4.79 Å². The number of hydrogen-bond donors (Lipinski definition) is 2. The molecule has 0 unspecified atom stereocenters. The summed E-state index contributed by atoms with van der Waals surface area (Å²) >= 11 is 5.99. The summed E-state index contributed by atoms with van der Waals surface area (Å²) in [7, 11) is 1.56. The van der Waals surface area contributed by atoms with E-state index in [1.807, 2.05) is 6.07 Å². The van der Waals surface area contributed by atoms with Crippen molar-refractivity contribution in [3.63, 3.8) is 0 Å². The molecule has 0 bridgehead atoms. The number of fused-ring (bicyclic) bond motifs is 1. The molecular weight excluding hydrogens is 316 g/mol. The van der Waals surface area contributed by atoms with Crippen molar-refractivity contribution >= 4 is 39.8 Å². The zero-order valence-corrected chi connectivity index (χ0v) is 13.0. The molecule has 6 heteroatoms. The lowest BCUT2D eigenvalue weighted by molar-refractivity contribution is 0.0697. The number of benzene rings is 2. The highest BCUT2D eigenvalue weighted by Crippen LogP contribution is 2.32. The summed E-state index contributed by atoms with van der Waals surface area (Å²) in [6.45, 7) is 0. The minimum atomic E-state index is -1.06. The molecule has 1 heterocycles. The molecule has 0 aliphatic heterocycles. The van der Waals surface area contributed by atoms with Gasteiger partial charge in [0.15, 0.2) is 0 Å². The zero-order valence-electron chi connectivity index (χ0n) is 12.2. The Labute approximate surface area is 137 Å². The molecule has 2 N–H and O–H groups in total. The van der Waals surface area contributed by atoms with Crippen LogP contribution in [0.15, 0.2) is 48.7 Å². The van der Waals surface area contributed by atoms with Crippen molar-refractivity contribution in [3.8, 4) is 5.75 Å². The topological polar surface area (TPSA) is 71.5 Å². The van der Waals surface area contributed by atoms with Crippen LogP contribution in [0.25, 0.3) is 10.9 Å². The van der Waals surface area contributed by atoms with E-state index in [0.29, 0.717) is 33.0 Å². The van der Waals surface area contributed by atoms with E-state index in [4.69, 9.17) is 16.3 Å². The molecule has 3 aromatic rings. The highest BCUT2D eigenvalue weighted by Gasteiger charge is 2.15. The zero-order chi connectivity index (χ0) is 16.4. The van der Waals surface area contributed by atoms with E-state index in [1.165, 1.54) is 6.20 Å². The molecule has 0 aliphatic rings. The third kappa shape index (κ3) is 3.05. The first-order valence-electron chi connectivity index (χ1n) is 6.81. The summed E-state index contributed by atoms with van der Waals surface area (Å²) in [5.74, 6) is -0.442. The Bertz CT molecular complexity index is 896. The van der Waals surface area contributed by atoms with Crippen molar-refractivity contribution in [1.82, 2.24) is 4.98 Å². The van der Waals surface area contributed by atoms with Crippen molar-refractivity contribution in [2.45, 2.75) is 0 Å². The lowest BCUT2D eigenvalue weighted by atomic mass is 10.1. The average molecular weight is 329 g/mol. The van der Waals surface area contributed by atoms with Crippen LogP contribution in [0.1, 0.15) is 10.4 Å². The number of nitrogens with zero attached hydrogens (tertiary/aromatic N) is 1. The minimum Gasteiger partial charge on any atom is -0.497 e. The number of carboxylic acid groups (broad SMARTS) is 1. The fourth-order valence-electron chi connectivity index (χ4n) is 2.31. The first kappa shape index (κ1) is 15.1. The van der Waals surface area contributed by atoms with Gasteiger partial charge in [-0.15, -0.1) is 0 Å². The Hall–Kier alpha value is -2.79. The number of anilines is 2. The second kappa shape index (κ2) is 6.14. The average Bonchev–Trinajstić information content (AvgIpc) is 2.54. The first-order valence-corrected chi connectivity index (χ1v) is 7.19. The molecule has 5 nitrogen and oxygen atoms in total. The summed E-state index contributed by atoms with van der Waals surface area (Å²) in [5.41, 5.74) is 1.88. The summed E-state index contributed by atoms with van der Waals surface area (Å²) in [5, 5.41) is 13.8. The smallest absolute Gasteiger partial charge is 0.339 e. The molecule has 0 fully saturated rings. The van der Waals surface area contributed by atoms with Crippen LogP contribution in [-0.4, -0.2) is 23.2 Å². The van der Waals surface area contributed by atoms with Crippen molar-refractivity contribution < 1.29 is 14.6 Å². The van der Waals surface area contributed by atoms with Crippen molar-refractivity contribution in [2.75, 3.05) is 12.4 Å². The molecule has 0 atom stereocenters. The Morgan fingerprint density at radius 3 is 2.78 bits per heavy atom. The number of carboxylic acids is 1. The van der Waals surface area contributed by atoms with Crippen LogP contribution in [-0.2, 0) is 0 Å². The normalized spacial score (nSPS) is 10.5. The number of carbonyl (C=O) groups is 1. The highest BCUT2D eigenvalue weighted by atomic mass is 35.5. The molecular formula is C17H13ClN2O3. The lowest BCUT2D eigenvalue weighted by Gasteiger charge is -2.13. The van der Waals surface area contributed by atoms with E-state index >= 15 is 0 Å². The van der Waals surface area contributed by atoms with Gasteiger partial charge >= 0.3 is 5.97 Å². The van der Waals surface area contributed by atoms with Crippen LogP contribution < -0.4 is 10.1 Å². The molecule has 3 rings (SSSR count). The molecule has 1 aromatic heterocycles. The van der Waals surface area contributed by atoms with Crippen LogP contribution in [0.2, 0.25) is 5.02 Å². The molecule has 23 heavy (non-hydrogen) atoms. The van der Waals surface area contributed by atoms with Gasteiger partial charge in [-0.3, -0.25) is 4.98 Å². The number of rotatable bonds is 4. The third-order valence-corrected chi connectivity index (χ3v) is 3.63. The van der Waals surface area contributed by atoms with Crippen molar-refractivity contribution in [2.24, 2.45) is 0 Å². The van der Waals surface area contributed by atoms with Gasteiger partial charge in [0.25, 0.3) is 0 Å². The van der Waals surface area contributed by atoms with E-state index < -0.39 is 5.97 Å². The molecule has 0 spiro atoms. The number of halogens is 1. The quantitative estimate of drug-likeness (QED) is 0.745. The van der Waals surface area contributed by atoms with Crippen LogP contribution in [0, 0.1) is 0 Å². The SMILES string of the molecule is COc1ccc2ncc(C(=O)O)c(Nc3cccc(Cl)c3)c2c1. The molecule has 0 saturated heterocycles. The molecule has 116 valence electrons. The fourth-order valence-corrected chi connectivity index (χ4v) is 2.50. The Balaban J connectivity index is 2.21. The molecule has 0 saturated carbocycles. The fraction of sp³-hybridized carbons (Fsp3) is 0.0588. The predicted molar refractivity (Wildman–Crippen MR) is 90.0 cm³/mol. The van der Waals surface area contributed by atoms with E-state index in [0.717, 1.165) is 0 Å². The summed E-state index contributed by atoms with van der Waals surface area (Å²) in [6, 6.07) is 12.4. The van der Waals surface area contributed by atoms with Gasteiger partial charge in [-0.1, -0.05) is 17.7 Å². The second-order valence-corrected chi connectivity index (χ2v) is 5.31. The Morgan fingerprint density at radius 2 is 2.09 bits per heavy atom. The van der Waals surface area contributed by atoms with Crippen molar-refractivity contribution in [3.05, 3.63) is 59.2 Å². The molecule has 0 amide bonds. The van der Waals surface area contributed by atoms with Crippen molar-refractivity contribution in [1.29, 1.82) is 0 Å². The summed E-state index contributed by atoms with van der Waals surface area (Å²) < 4.78 is 5.22. The van der Waals surface area contributed by atoms with Gasteiger partial charge in [0.2, 0.25) is 0 Å². The number of hydrogen-bond acceptors (Lipinski definition) is 4. The van der Waals surface area contributed by atoms with Crippen LogP contribution in [0.5, 0.6) is 5.75 Å².